The maximum atomic E-state index is 11.7. The average molecular weight is 617 g/mol. The molecule has 0 aliphatic carbocycles. The molecule has 5 aromatic rings. The minimum absolute atomic E-state index is 0.129. The number of aromatic nitrogens is 4. The number of pyridine rings is 1. The fourth-order valence-corrected chi connectivity index (χ4v) is 5.96. The molecule has 0 atom stereocenters. The predicted molar refractivity (Wildman–Crippen MR) is 153 cm³/mol. The summed E-state index contributed by atoms with van der Waals surface area (Å²) in [6, 6.07) is 8.29. The number of ether oxygens (including phenoxy) is 1. The van der Waals surface area contributed by atoms with Gasteiger partial charge >= 0.3 is 12.1 Å². The number of alkyl halides is 3. The van der Waals surface area contributed by atoms with Crippen LogP contribution in [-0.2, 0) is 20.9 Å². The van der Waals surface area contributed by atoms with Crippen LogP contribution in [0.5, 0.6) is 0 Å². The van der Waals surface area contributed by atoms with Crippen molar-refractivity contribution in [3.8, 4) is 22.5 Å². The molecule has 1 aromatic carbocycles. The zero-order valence-electron chi connectivity index (χ0n) is 23.1. The summed E-state index contributed by atoms with van der Waals surface area (Å²) in [6.07, 6.45) is 2.37. The summed E-state index contributed by atoms with van der Waals surface area (Å²) in [5.41, 5.74) is 10.5. The summed E-state index contributed by atoms with van der Waals surface area (Å²) < 4.78 is 46.3. The first-order chi connectivity index (χ1) is 20.5. The van der Waals surface area contributed by atoms with Gasteiger partial charge in [-0.05, 0) is 31.0 Å². The number of likely N-dealkylation sites (tertiary alicyclic amines) is 1. The molecule has 4 aromatic heterocycles. The smallest absolute Gasteiger partial charge is 0.475 e. The highest BCUT2D eigenvalue weighted by Gasteiger charge is 2.38. The van der Waals surface area contributed by atoms with Gasteiger partial charge in [-0.2, -0.15) is 18.3 Å². The highest BCUT2D eigenvalue weighted by atomic mass is 32.1. The Hall–Kier alpha value is -4.50. The molecular formula is C28H27F3N6O5S. The Kier molecular flexibility index (Phi) is 8.37. The van der Waals surface area contributed by atoms with E-state index in [4.69, 9.17) is 24.8 Å². The van der Waals surface area contributed by atoms with E-state index in [9.17, 15) is 18.0 Å². The molecule has 0 bridgehead atoms. The molecule has 5 heterocycles. The molecule has 0 saturated carbocycles. The van der Waals surface area contributed by atoms with E-state index in [0.29, 0.717) is 23.8 Å². The Bertz CT molecular complexity index is 1790. The van der Waals surface area contributed by atoms with Crippen molar-refractivity contribution in [2.45, 2.75) is 38.6 Å². The van der Waals surface area contributed by atoms with E-state index in [0.717, 1.165) is 63.2 Å². The zero-order chi connectivity index (χ0) is 30.9. The highest BCUT2D eigenvalue weighted by molar-refractivity contribution is 7.19. The number of rotatable bonds is 5. The van der Waals surface area contributed by atoms with E-state index in [1.165, 1.54) is 0 Å². The zero-order valence-corrected chi connectivity index (χ0v) is 23.9. The minimum Gasteiger partial charge on any atom is -0.475 e. The lowest BCUT2D eigenvalue weighted by Crippen LogP contribution is -2.37. The molecule has 1 fully saturated rings. The third-order valence-electron chi connectivity index (χ3n) is 7.02. The Morgan fingerprint density at radius 2 is 1.93 bits per heavy atom. The van der Waals surface area contributed by atoms with Crippen LogP contribution >= 0.6 is 11.3 Å². The van der Waals surface area contributed by atoms with Gasteiger partial charge in [-0.1, -0.05) is 6.07 Å². The summed E-state index contributed by atoms with van der Waals surface area (Å²) in [7, 11) is 1.67. The number of hydrogen-bond acceptors (Lipinski definition) is 9. The molecule has 1 aliphatic heterocycles. The van der Waals surface area contributed by atoms with Crippen LogP contribution in [-0.4, -0.2) is 68.0 Å². The maximum Gasteiger partial charge on any atom is 0.490 e. The third-order valence-corrected chi connectivity index (χ3v) is 8.10. The summed E-state index contributed by atoms with van der Waals surface area (Å²) in [5, 5.41) is 13.6. The van der Waals surface area contributed by atoms with Crippen molar-refractivity contribution in [3.05, 3.63) is 47.9 Å². The molecule has 1 aliphatic rings. The molecule has 11 nitrogen and oxygen atoms in total. The largest absolute Gasteiger partial charge is 0.490 e. The number of aliphatic carboxylic acids is 1. The number of amides is 1. The number of methoxy groups -OCH3 is 1. The summed E-state index contributed by atoms with van der Waals surface area (Å²) in [6.45, 7) is 3.60. The number of piperidine rings is 1. The first kappa shape index (κ1) is 30.0. The van der Waals surface area contributed by atoms with E-state index < -0.39 is 12.1 Å². The van der Waals surface area contributed by atoms with Crippen LogP contribution in [0, 0.1) is 0 Å². The van der Waals surface area contributed by atoms with Crippen molar-refractivity contribution in [3.63, 3.8) is 0 Å². The topological polar surface area (TPSA) is 150 Å². The van der Waals surface area contributed by atoms with Crippen molar-refractivity contribution < 1.29 is 37.0 Å². The van der Waals surface area contributed by atoms with E-state index in [1.54, 1.807) is 31.6 Å². The van der Waals surface area contributed by atoms with Crippen molar-refractivity contribution in [2.24, 2.45) is 0 Å². The van der Waals surface area contributed by atoms with Crippen molar-refractivity contribution in [2.75, 3.05) is 25.9 Å². The Morgan fingerprint density at radius 3 is 2.58 bits per heavy atom. The second-order valence-electron chi connectivity index (χ2n) is 9.85. The molecule has 43 heavy (non-hydrogen) atoms. The Morgan fingerprint density at radius 1 is 1.21 bits per heavy atom. The van der Waals surface area contributed by atoms with Crippen LogP contribution in [0.1, 0.15) is 30.8 Å². The van der Waals surface area contributed by atoms with Gasteiger partial charge in [-0.3, -0.25) is 9.48 Å². The molecule has 1 amide bonds. The molecule has 3 N–H and O–H groups in total. The quantitative estimate of drug-likeness (QED) is 0.260. The van der Waals surface area contributed by atoms with Gasteiger partial charge in [0.25, 0.3) is 0 Å². The molecule has 0 spiro atoms. The number of carbonyl (C=O) groups excluding carboxylic acids is 1. The number of thiazole rings is 1. The van der Waals surface area contributed by atoms with Crippen molar-refractivity contribution >= 4 is 50.2 Å². The fourth-order valence-electron chi connectivity index (χ4n) is 4.90. The number of hydrogen-bond donors (Lipinski definition) is 2. The number of furan rings is 1. The average Bonchev–Trinajstić information content (AvgIpc) is 3.72. The van der Waals surface area contributed by atoms with Crippen LogP contribution in [0.2, 0.25) is 0 Å². The number of fused-ring (bicyclic) bond motifs is 2. The summed E-state index contributed by atoms with van der Waals surface area (Å²) in [4.78, 5) is 31.5. The molecule has 0 unspecified atom stereocenters. The van der Waals surface area contributed by atoms with E-state index in [1.807, 2.05) is 46.2 Å². The number of anilines is 1. The van der Waals surface area contributed by atoms with Crippen LogP contribution in [0.15, 0.2) is 47.3 Å². The lowest BCUT2D eigenvalue weighted by Gasteiger charge is -2.31. The Balaban J connectivity index is 0.000000472. The second kappa shape index (κ2) is 12.0. The van der Waals surface area contributed by atoms with Crippen molar-refractivity contribution in [1.82, 2.24) is 24.6 Å². The molecule has 0 radical (unpaired) electrons. The van der Waals surface area contributed by atoms with E-state index in [-0.39, 0.29) is 11.9 Å². The summed E-state index contributed by atoms with van der Waals surface area (Å²) >= 11 is 1.60. The van der Waals surface area contributed by atoms with E-state index in [2.05, 4.69) is 15.1 Å². The van der Waals surface area contributed by atoms with Crippen molar-refractivity contribution in [1.29, 1.82) is 0 Å². The number of carboxylic acid groups (broad SMARTS) is 1. The number of carbonyl (C=O) groups is 2. The Labute approximate surface area is 246 Å². The molecule has 6 rings (SSSR count). The van der Waals surface area contributed by atoms with Crippen LogP contribution in [0.4, 0.5) is 19.0 Å². The third kappa shape index (κ3) is 6.32. The maximum absolute atomic E-state index is 11.7. The number of halogens is 3. The number of nitrogens with two attached hydrogens (primary N) is 1. The lowest BCUT2D eigenvalue weighted by molar-refractivity contribution is -0.192. The monoisotopic (exact) mass is 616 g/mol. The van der Waals surface area contributed by atoms with Gasteiger partial charge in [-0.15, -0.1) is 11.3 Å². The van der Waals surface area contributed by atoms with E-state index >= 15 is 0 Å². The normalized spacial score (nSPS) is 14.2. The molecule has 15 heteroatoms. The lowest BCUT2D eigenvalue weighted by atomic mass is 10.0. The number of benzene rings is 1. The van der Waals surface area contributed by atoms with Crippen LogP contribution < -0.4 is 5.73 Å². The minimum atomic E-state index is -5.08. The predicted octanol–water partition coefficient (Wildman–Crippen LogP) is 5.51. The second-order valence-corrected chi connectivity index (χ2v) is 10.9. The first-order valence-electron chi connectivity index (χ1n) is 13.1. The molecule has 226 valence electrons. The van der Waals surface area contributed by atoms with Gasteiger partial charge in [0.15, 0.2) is 11.4 Å². The standard InChI is InChI=1S/C26H26N6O3S.C2HF3O2/c1-15(33)31-8-6-17(7-9-31)32-13-16(11-29-32)20-12-28-26(27)24-19(20)10-22(35-24)18-4-3-5-21-25(18)36-23(30-21)14-34-2;3-2(4,5)1(6)7/h3-5,10-13,17H,6-9,14H2,1-2H3,(H2,27,28);(H,6,7). The van der Waals surface area contributed by atoms with Crippen LogP contribution in [0.3, 0.4) is 0 Å². The molecule has 1 saturated heterocycles. The van der Waals surface area contributed by atoms with Gasteiger partial charge in [0, 0.05) is 61.6 Å². The van der Waals surface area contributed by atoms with Gasteiger partial charge in [0.05, 0.1) is 29.1 Å². The molecular weight excluding hydrogens is 589 g/mol. The highest BCUT2D eigenvalue weighted by Crippen LogP contribution is 2.40. The number of carboxylic acids is 1. The number of nitrogen functional groups attached to an aromatic ring is 1. The fraction of sp³-hybridized carbons (Fsp3) is 0.321. The van der Waals surface area contributed by atoms with Gasteiger partial charge in [0.2, 0.25) is 5.91 Å². The van der Waals surface area contributed by atoms with Crippen LogP contribution in [0.25, 0.3) is 43.6 Å². The first-order valence-corrected chi connectivity index (χ1v) is 13.9. The van der Waals surface area contributed by atoms with Gasteiger partial charge in [0.1, 0.15) is 10.8 Å². The number of nitrogens with zero attached hydrogens (tertiary/aromatic N) is 5. The summed E-state index contributed by atoms with van der Waals surface area (Å²) in [5.74, 6) is -1.56. The van der Waals surface area contributed by atoms with Gasteiger partial charge < -0.3 is 24.9 Å². The van der Waals surface area contributed by atoms with Gasteiger partial charge in [-0.25, -0.2) is 14.8 Å². The SMILES string of the molecule is COCc1nc2cccc(-c3cc4c(-c5cnn(C6CCN(C(C)=O)CC6)c5)cnc(N)c4o3)c2s1.O=C(O)C(F)(F)F.